The Morgan fingerprint density at radius 3 is 3.00 bits per heavy atom. The molecule has 1 aliphatic heterocycles. The van der Waals surface area contributed by atoms with E-state index in [4.69, 9.17) is 10.5 Å². The summed E-state index contributed by atoms with van der Waals surface area (Å²) >= 11 is 0. The summed E-state index contributed by atoms with van der Waals surface area (Å²) in [7, 11) is 0. The van der Waals surface area contributed by atoms with Crippen LogP contribution in [0.2, 0.25) is 0 Å². The van der Waals surface area contributed by atoms with Crippen molar-refractivity contribution in [2.75, 3.05) is 31.1 Å². The van der Waals surface area contributed by atoms with Gasteiger partial charge in [-0.25, -0.2) is 0 Å². The highest BCUT2D eigenvalue weighted by atomic mass is 16.5. The highest BCUT2D eigenvalue weighted by Crippen LogP contribution is 2.24. The monoisotopic (exact) mass is 220 g/mol. The van der Waals surface area contributed by atoms with Crippen molar-refractivity contribution in [3.05, 3.63) is 29.8 Å². The fourth-order valence-electron chi connectivity index (χ4n) is 2.24. The van der Waals surface area contributed by atoms with Crippen molar-refractivity contribution in [2.45, 2.75) is 19.4 Å². The van der Waals surface area contributed by atoms with Gasteiger partial charge in [-0.1, -0.05) is 18.2 Å². The summed E-state index contributed by atoms with van der Waals surface area (Å²) in [6, 6.07) is 8.51. The van der Waals surface area contributed by atoms with Gasteiger partial charge in [0.15, 0.2) is 0 Å². The third kappa shape index (κ3) is 2.54. The topological polar surface area (TPSA) is 38.5 Å². The minimum absolute atomic E-state index is 0.350. The number of rotatable bonds is 4. The van der Waals surface area contributed by atoms with Crippen LogP contribution in [-0.4, -0.2) is 32.3 Å². The molecule has 0 bridgehead atoms. The summed E-state index contributed by atoms with van der Waals surface area (Å²) in [6.07, 6.45) is 1.46. The molecule has 0 amide bonds. The second-order valence-electron chi connectivity index (χ2n) is 4.30. The number of aryl methyl sites for hydroxylation is 1. The fraction of sp³-hybridized carbons (Fsp3) is 0.538. The van der Waals surface area contributed by atoms with Crippen molar-refractivity contribution in [1.82, 2.24) is 0 Å². The molecule has 1 aliphatic rings. The molecule has 1 aromatic rings. The van der Waals surface area contributed by atoms with Crippen LogP contribution in [-0.2, 0) is 4.74 Å². The zero-order valence-electron chi connectivity index (χ0n) is 9.86. The average Bonchev–Trinajstić information content (AvgIpc) is 2.75. The first-order chi connectivity index (χ1) is 7.81. The quantitative estimate of drug-likeness (QED) is 0.836. The van der Waals surface area contributed by atoms with Crippen LogP contribution in [0.15, 0.2) is 24.3 Å². The van der Waals surface area contributed by atoms with Gasteiger partial charge in [-0.05, 0) is 25.0 Å². The van der Waals surface area contributed by atoms with E-state index in [1.807, 2.05) is 0 Å². The van der Waals surface area contributed by atoms with Crippen LogP contribution in [0.3, 0.4) is 0 Å². The van der Waals surface area contributed by atoms with E-state index in [-0.39, 0.29) is 0 Å². The van der Waals surface area contributed by atoms with Crippen LogP contribution < -0.4 is 10.6 Å². The summed E-state index contributed by atoms with van der Waals surface area (Å²) in [5.74, 6) is 0. The Morgan fingerprint density at radius 2 is 2.25 bits per heavy atom. The fourth-order valence-corrected chi connectivity index (χ4v) is 2.24. The van der Waals surface area contributed by atoms with Crippen LogP contribution in [0.5, 0.6) is 0 Å². The first-order valence-corrected chi connectivity index (χ1v) is 5.93. The molecule has 1 heterocycles. The molecule has 0 spiro atoms. The first-order valence-electron chi connectivity index (χ1n) is 5.93. The number of hydrogen-bond donors (Lipinski definition) is 1. The predicted octanol–water partition coefficient (Wildman–Crippen LogP) is 1.55. The van der Waals surface area contributed by atoms with Gasteiger partial charge in [0.1, 0.15) is 0 Å². The molecule has 1 unspecified atom stereocenters. The summed E-state index contributed by atoms with van der Waals surface area (Å²) < 4.78 is 5.68. The van der Waals surface area contributed by atoms with Crippen molar-refractivity contribution in [3.63, 3.8) is 0 Å². The second-order valence-corrected chi connectivity index (χ2v) is 4.30. The van der Waals surface area contributed by atoms with E-state index in [1.54, 1.807) is 0 Å². The second kappa shape index (κ2) is 5.32. The van der Waals surface area contributed by atoms with Gasteiger partial charge in [0.2, 0.25) is 0 Å². The number of nitrogens with two attached hydrogens (primary N) is 1. The number of ether oxygens (including phenoxy) is 1. The smallest absolute Gasteiger partial charge is 0.0767 e. The SMILES string of the molecule is Cc1ccccc1N1CCC(OCCN)C1. The molecular weight excluding hydrogens is 200 g/mol. The molecule has 16 heavy (non-hydrogen) atoms. The van der Waals surface area contributed by atoms with Crippen molar-refractivity contribution in [3.8, 4) is 0 Å². The Hall–Kier alpha value is -1.06. The molecule has 3 nitrogen and oxygen atoms in total. The maximum atomic E-state index is 5.68. The molecule has 2 rings (SSSR count). The third-order valence-corrected chi connectivity index (χ3v) is 3.07. The highest BCUT2D eigenvalue weighted by molar-refractivity contribution is 5.53. The first kappa shape index (κ1) is 11.4. The molecular formula is C13H20N2O. The Bertz CT molecular complexity index is 340. The minimum atomic E-state index is 0.350. The molecule has 2 N–H and O–H groups in total. The summed E-state index contributed by atoms with van der Waals surface area (Å²) in [5, 5.41) is 0. The summed E-state index contributed by atoms with van der Waals surface area (Å²) in [6.45, 7) is 5.52. The average molecular weight is 220 g/mol. The molecule has 0 aliphatic carbocycles. The van der Waals surface area contributed by atoms with Gasteiger partial charge in [-0.3, -0.25) is 0 Å². The van der Waals surface area contributed by atoms with Crippen LogP contribution >= 0.6 is 0 Å². The Balaban J connectivity index is 1.96. The molecule has 1 aromatic carbocycles. The summed E-state index contributed by atoms with van der Waals surface area (Å²) in [5.41, 5.74) is 8.11. The van der Waals surface area contributed by atoms with Crippen molar-refractivity contribution in [1.29, 1.82) is 0 Å². The Kier molecular flexibility index (Phi) is 3.80. The number of hydrogen-bond acceptors (Lipinski definition) is 3. The van der Waals surface area contributed by atoms with E-state index in [0.29, 0.717) is 19.3 Å². The van der Waals surface area contributed by atoms with Crippen LogP contribution in [0.4, 0.5) is 5.69 Å². The van der Waals surface area contributed by atoms with E-state index < -0.39 is 0 Å². The molecule has 88 valence electrons. The maximum Gasteiger partial charge on any atom is 0.0767 e. The standard InChI is InChI=1S/C13H20N2O/c1-11-4-2-3-5-13(11)15-8-6-12(10-15)16-9-7-14/h2-5,12H,6-10,14H2,1H3. The van der Waals surface area contributed by atoms with Crippen LogP contribution in [0, 0.1) is 6.92 Å². The summed E-state index contributed by atoms with van der Waals surface area (Å²) in [4.78, 5) is 2.40. The molecule has 0 saturated carbocycles. The lowest BCUT2D eigenvalue weighted by atomic mass is 10.2. The van der Waals surface area contributed by atoms with Crippen molar-refractivity contribution < 1.29 is 4.74 Å². The number of nitrogens with zero attached hydrogens (tertiary/aromatic N) is 1. The molecule has 1 fully saturated rings. The van der Waals surface area contributed by atoms with E-state index in [9.17, 15) is 0 Å². The van der Waals surface area contributed by atoms with Crippen LogP contribution in [0.1, 0.15) is 12.0 Å². The van der Waals surface area contributed by atoms with Crippen molar-refractivity contribution in [2.24, 2.45) is 5.73 Å². The normalized spacial score (nSPS) is 20.4. The van der Waals surface area contributed by atoms with Crippen molar-refractivity contribution >= 4 is 5.69 Å². The van der Waals surface area contributed by atoms with Gasteiger partial charge in [-0.2, -0.15) is 0 Å². The number of anilines is 1. The van der Waals surface area contributed by atoms with Gasteiger partial charge >= 0.3 is 0 Å². The van der Waals surface area contributed by atoms with E-state index in [0.717, 1.165) is 19.5 Å². The largest absolute Gasteiger partial charge is 0.375 e. The zero-order valence-corrected chi connectivity index (χ0v) is 9.86. The predicted molar refractivity (Wildman–Crippen MR) is 66.8 cm³/mol. The van der Waals surface area contributed by atoms with E-state index in [2.05, 4.69) is 36.1 Å². The minimum Gasteiger partial charge on any atom is -0.375 e. The van der Waals surface area contributed by atoms with Gasteiger partial charge in [0.25, 0.3) is 0 Å². The number of para-hydroxylation sites is 1. The third-order valence-electron chi connectivity index (χ3n) is 3.07. The Morgan fingerprint density at radius 1 is 1.44 bits per heavy atom. The lowest BCUT2D eigenvalue weighted by Gasteiger charge is -2.20. The lowest BCUT2D eigenvalue weighted by Crippen LogP contribution is -2.24. The van der Waals surface area contributed by atoms with Gasteiger partial charge in [0, 0.05) is 25.3 Å². The van der Waals surface area contributed by atoms with Gasteiger partial charge in [-0.15, -0.1) is 0 Å². The molecule has 0 aromatic heterocycles. The zero-order chi connectivity index (χ0) is 11.4. The van der Waals surface area contributed by atoms with Crippen LogP contribution in [0.25, 0.3) is 0 Å². The van der Waals surface area contributed by atoms with Gasteiger partial charge in [0.05, 0.1) is 12.7 Å². The van der Waals surface area contributed by atoms with Gasteiger partial charge < -0.3 is 15.4 Å². The highest BCUT2D eigenvalue weighted by Gasteiger charge is 2.23. The van der Waals surface area contributed by atoms with E-state index >= 15 is 0 Å². The molecule has 3 heteroatoms. The number of benzene rings is 1. The molecule has 1 saturated heterocycles. The lowest BCUT2D eigenvalue weighted by molar-refractivity contribution is 0.0742. The molecule has 0 radical (unpaired) electrons. The molecule has 1 atom stereocenters. The Labute approximate surface area is 97.2 Å². The van der Waals surface area contributed by atoms with E-state index in [1.165, 1.54) is 11.3 Å². The maximum absolute atomic E-state index is 5.68.